The molecule has 2 heterocycles. The molecule has 2 rings (SSSR count). The molecule has 0 bridgehead atoms. The Labute approximate surface area is 86.9 Å². The Morgan fingerprint density at radius 3 is 3.13 bits per heavy atom. The summed E-state index contributed by atoms with van der Waals surface area (Å²) in [7, 11) is 0. The van der Waals surface area contributed by atoms with E-state index in [0.29, 0.717) is 18.7 Å². The van der Waals surface area contributed by atoms with E-state index in [1.54, 1.807) is 6.07 Å². The maximum atomic E-state index is 12.8. The Hall–Kier alpha value is -1.65. The van der Waals surface area contributed by atoms with Crippen molar-refractivity contribution >= 4 is 11.6 Å². The SMILES string of the molecule is O=C1CCC(Nc2ccnc(F)c2)CN1. The van der Waals surface area contributed by atoms with Crippen molar-refractivity contribution in [2.24, 2.45) is 0 Å². The lowest BCUT2D eigenvalue weighted by molar-refractivity contribution is -0.122. The van der Waals surface area contributed by atoms with Gasteiger partial charge in [-0.1, -0.05) is 0 Å². The molecule has 1 amide bonds. The van der Waals surface area contributed by atoms with Crippen molar-refractivity contribution in [3.63, 3.8) is 0 Å². The number of halogens is 1. The second kappa shape index (κ2) is 4.25. The van der Waals surface area contributed by atoms with E-state index in [9.17, 15) is 9.18 Å². The van der Waals surface area contributed by atoms with Crippen molar-refractivity contribution in [3.8, 4) is 0 Å². The smallest absolute Gasteiger partial charge is 0.220 e. The first kappa shape index (κ1) is 9.89. The van der Waals surface area contributed by atoms with Gasteiger partial charge in [0, 0.05) is 37.0 Å². The quantitative estimate of drug-likeness (QED) is 0.712. The predicted molar refractivity (Wildman–Crippen MR) is 53.8 cm³/mol. The molecule has 80 valence electrons. The largest absolute Gasteiger partial charge is 0.380 e. The van der Waals surface area contributed by atoms with Crippen LogP contribution >= 0.6 is 0 Å². The number of nitrogens with zero attached hydrogens (tertiary/aromatic N) is 1. The molecule has 2 N–H and O–H groups in total. The van der Waals surface area contributed by atoms with Crippen LogP contribution in [-0.2, 0) is 4.79 Å². The van der Waals surface area contributed by atoms with Gasteiger partial charge in [0.25, 0.3) is 0 Å². The van der Waals surface area contributed by atoms with Gasteiger partial charge in [-0.3, -0.25) is 4.79 Å². The van der Waals surface area contributed by atoms with E-state index in [-0.39, 0.29) is 11.9 Å². The Bertz CT molecular complexity index is 359. The highest BCUT2D eigenvalue weighted by Gasteiger charge is 2.17. The molecule has 1 aliphatic heterocycles. The second-order valence-corrected chi connectivity index (χ2v) is 3.55. The lowest BCUT2D eigenvalue weighted by Gasteiger charge is -2.24. The molecule has 0 aromatic carbocycles. The third kappa shape index (κ3) is 2.65. The van der Waals surface area contributed by atoms with Gasteiger partial charge in [-0.15, -0.1) is 0 Å². The zero-order valence-corrected chi connectivity index (χ0v) is 8.16. The summed E-state index contributed by atoms with van der Waals surface area (Å²) in [5.41, 5.74) is 0.698. The number of carbonyl (C=O) groups is 1. The minimum Gasteiger partial charge on any atom is -0.380 e. The second-order valence-electron chi connectivity index (χ2n) is 3.55. The zero-order valence-electron chi connectivity index (χ0n) is 8.16. The van der Waals surface area contributed by atoms with Gasteiger partial charge in [-0.25, -0.2) is 4.98 Å². The van der Waals surface area contributed by atoms with Crippen LogP contribution in [0, 0.1) is 5.95 Å². The summed E-state index contributed by atoms with van der Waals surface area (Å²) >= 11 is 0. The van der Waals surface area contributed by atoms with Crippen molar-refractivity contribution in [2.75, 3.05) is 11.9 Å². The van der Waals surface area contributed by atoms with Crippen LogP contribution in [0.5, 0.6) is 0 Å². The Kier molecular flexibility index (Phi) is 2.80. The Morgan fingerprint density at radius 1 is 1.60 bits per heavy atom. The lowest BCUT2D eigenvalue weighted by atomic mass is 10.1. The van der Waals surface area contributed by atoms with Crippen LogP contribution in [0.3, 0.4) is 0 Å². The number of hydrogen-bond acceptors (Lipinski definition) is 3. The minimum absolute atomic E-state index is 0.0777. The van der Waals surface area contributed by atoms with Gasteiger partial charge < -0.3 is 10.6 Å². The van der Waals surface area contributed by atoms with Gasteiger partial charge >= 0.3 is 0 Å². The molecule has 15 heavy (non-hydrogen) atoms. The van der Waals surface area contributed by atoms with Gasteiger partial charge in [-0.05, 0) is 12.5 Å². The van der Waals surface area contributed by atoms with Crippen LogP contribution in [-0.4, -0.2) is 23.5 Å². The fourth-order valence-corrected chi connectivity index (χ4v) is 1.58. The maximum Gasteiger partial charge on any atom is 0.220 e. The number of pyridine rings is 1. The van der Waals surface area contributed by atoms with E-state index >= 15 is 0 Å². The lowest BCUT2D eigenvalue weighted by Crippen LogP contribution is -2.41. The van der Waals surface area contributed by atoms with Crippen LogP contribution in [0.25, 0.3) is 0 Å². The molecule has 0 spiro atoms. The first-order chi connectivity index (χ1) is 7.24. The van der Waals surface area contributed by atoms with E-state index in [1.807, 2.05) is 0 Å². The molecule has 0 radical (unpaired) electrons. The third-order valence-electron chi connectivity index (χ3n) is 2.36. The molecule has 1 unspecified atom stereocenters. The molecular formula is C10H12FN3O. The predicted octanol–water partition coefficient (Wildman–Crippen LogP) is 0.911. The maximum absolute atomic E-state index is 12.8. The molecule has 1 aromatic heterocycles. The normalized spacial score (nSPS) is 20.9. The van der Waals surface area contributed by atoms with E-state index in [4.69, 9.17) is 0 Å². The topological polar surface area (TPSA) is 54.0 Å². The molecule has 4 nitrogen and oxygen atoms in total. The molecule has 5 heteroatoms. The molecule has 0 aliphatic carbocycles. The van der Waals surface area contributed by atoms with Crippen molar-refractivity contribution < 1.29 is 9.18 Å². The summed E-state index contributed by atoms with van der Waals surface area (Å²) in [6.45, 7) is 0.586. The highest BCUT2D eigenvalue weighted by atomic mass is 19.1. The summed E-state index contributed by atoms with van der Waals surface area (Å²) in [5, 5.41) is 5.90. The van der Waals surface area contributed by atoms with Gasteiger partial charge in [0.05, 0.1) is 0 Å². The number of rotatable bonds is 2. The van der Waals surface area contributed by atoms with Gasteiger partial charge in [0.1, 0.15) is 0 Å². The molecule has 1 atom stereocenters. The average Bonchev–Trinajstić information content (AvgIpc) is 2.22. The number of amides is 1. The zero-order chi connectivity index (χ0) is 10.7. The Balaban J connectivity index is 1.94. The fourth-order valence-electron chi connectivity index (χ4n) is 1.58. The van der Waals surface area contributed by atoms with Crippen molar-refractivity contribution in [3.05, 3.63) is 24.3 Å². The number of piperidine rings is 1. The molecule has 1 fully saturated rings. The van der Waals surface area contributed by atoms with Crippen LogP contribution < -0.4 is 10.6 Å². The van der Waals surface area contributed by atoms with Gasteiger partial charge in [0.2, 0.25) is 11.9 Å². The van der Waals surface area contributed by atoms with Crippen LogP contribution in [0.4, 0.5) is 10.1 Å². The third-order valence-corrected chi connectivity index (χ3v) is 2.36. The molecular weight excluding hydrogens is 197 g/mol. The monoisotopic (exact) mass is 209 g/mol. The number of anilines is 1. The summed E-state index contributed by atoms with van der Waals surface area (Å²) in [5.74, 6) is -0.422. The molecule has 0 saturated carbocycles. The Morgan fingerprint density at radius 2 is 2.47 bits per heavy atom. The summed E-state index contributed by atoms with van der Waals surface area (Å²) in [4.78, 5) is 14.4. The van der Waals surface area contributed by atoms with Crippen LogP contribution in [0.15, 0.2) is 18.3 Å². The van der Waals surface area contributed by atoms with E-state index in [0.717, 1.165) is 6.42 Å². The van der Waals surface area contributed by atoms with E-state index in [2.05, 4.69) is 15.6 Å². The fraction of sp³-hybridized carbons (Fsp3) is 0.400. The van der Waals surface area contributed by atoms with Crippen molar-refractivity contribution in [2.45, 2.75) is 18.9 Å². The van der Waals surface area contributed by atoms with Crippen LogP contribution in [0.2, 0.25) is 0 Å². The van der Waals surface area contributed by atoms with Gasteiger partial charge in [0.15, 0.2) is 0 Å². The van der Waals surface area contributed by atoms with Crippen molar-refractivity contribution in [1.82, 2.24) is 10.3 Å². The standard InChI is InChI=1S/C10H12FN3O/c11-9-5-7(3-4-12-9)14-8-1-2-10(15)13-6-8/h3-5,8H,1-2,6H2,(H,12,14)(H,13,15). The summed E-state index contributed by atoms with van der Waals surface area (Å²) in [6, 6.07) is 3.22. The minimum atomic E-state index is -0.500. The first-order valence-electron chi connectivity index (χ1n) is 4.89. The van der Waals surface area contributed by atoms with E-state index in [1.165, 1.54) is 12.3 Å². The number of carbonyl (C=O) groups excluding carboxylic acids is 1. The molecule has 1 saturated heterocycles. The van der Waals surface area contributed by atoms with E-state index < -0.39 is 5.95 Å². The summed E-state index contributed by atoms with van der Waals surface area (Å²) in [6.07, 6.45) is 2.71. The molecule has 1 aromatic rings. The summed E-state index contributed by atoms with van der Waals surface area (Å²) < 4.78 is 12.8. The average molecular weight is 209 g/mol. The number of hydrogen-bond donors (Lipinski definition) is 2. The highest BCUT2D eigenvalue weighted by molar-refractivity contribution is 5.77. The van der Waals surface area contributed by atoms with Crippen LogP contribution in [0.1, 0.15) is 12.8 Å². The number of aromatic nitrogens is 1. The van der Waals surface area contributed by atoms with Crippen molar-refractivity contribution in [1.29, 1.82) is 0 Å². The molecule has 1 aliphatic rings. The van der Waals surface area contributed by atoms with Gasteiger partial charge in [-0.2, -0.15) is 4.39 Å². The number of nitrogens with one attached hydrogen (secondary N) is 2. The first-order valence-corrected chi connectivity index (χ1v) is 4.89. The highest BCUT2D eigenvalue weighted by Crippen LogP contribution is 2.12.